The summed E-state index contributed by atoms with van der Waals surface area (Å²) < 4.78 is 5.47. The normalized spacial score (nSPS) is 14.1. The summed E-state index contributed by atoms with van der Waals surface area (Å²) in [5.41, 5.74) is -0.105. The van der Waals surface area contributed by atoms with Crippen molar-refractivity contribution in [3.8, 4) is 12.3 Å². The monoisotopic (exact) mass is 155 g/mol. The molecule has 0 rings (SSSR count). The highest BCUT2D eigenvalue weighted by Crippen LogP contribution is 2.06. The van der Waals surface area contributed by atoms with Crippen LogP contribution in [0.5, 0.6) is 0 Å². The lowest BCUT2D eigenvalue weighted by molar-refractivity contribution is -0.00715. The van der Waals surface area contributed by atoms with Gasteiger partial charge in [-0.3, -0.25) is 0 Å². The maximum absolute atomic E-state index is 5.47. The zero-order valence-electron chi connectivity index (χ0n) is 7.77. The highest BCUT2D eigenvalue weighted by Gasteiger charge is 2.12. The minimum absolute atomic E-state index is 0.0224. The van der Waals surface area contributed by atoms with Crippen molar-refractivity contribution in [2.45, 2.75) is 32.4 Å². The minimum Gasteiger partial charge on any atom is -0.373 e. The van der Waals surface area contributed by atoms with Gasteiger partial charge in [0.1, 0.15) is 0 Å². The fourth-order valence-electron chi connectivity index (χ4n) is 0.548. The van der Waals surface area contributed by atoms with Crippen molar-refractivity contribution in [1.29, 1.82) is 0 Å². The fourth-order valence-corrected chi connectivity index (χ4v) is 0.548. The van der Waals surface area contributed by atoms with E-state index in [2.05, 4.69) is 11.2 Å². The highest BCUT2D eigenvalue weighted by molar-refractivity contribution is 4.98. The van der Waals surface area contributed by atoms with Crippen LogP contribution < -0.4 is 5.32 Å². The number of terminal acetylenes is 1. The molecule has 0 bridgehead atoms. The number of hydrogen-bond donors (Lipinski definition) is 1. The molecule has 0 amide bonds. The minimum atomic E-state index is -0.105. The quantitative estimate of drug-likeness (QED) is 0.614. The Morgan fingerprint density at radius 3 is 2.36 bits per heavy atom. The van der Waals surface area contributed by atoms with Crippen LogP contribution in [0.15, 0.2) is 0 Å². The summed E-state index contributed by atoms with van der Waals surface area (Å²) in [4.78, 5) is 0. The molecular weight excluding hydrogens is 138 g/mol. The zero-order valence-corrected chi connectivity index (χ0v) is 7.77. The molecule has 0 heterocycles. The van der Waals surface area contributed by atoms with Gasteiger partial charge in [0.2, 0.25) is 0 Å². The second-order valence-electron chi connectivity index (χ2n) is 3.43. The summed E-state index contributed by atoms with van der Waals surface area (Å²) in [5, 5.41) is 2.96. The van der Waals surface area contributed by atoms with Gasteiger partial charge in [0, 0.05) is 0 Å². The Morgan fingerprint density at radius 1 is 1.55 bits per heavy atom. The largest absolute Gasteiger partial charge is 0.373 e. The second kappa shape index (κ2) is 4.38. The SMILES string of the molecule is C#CC(COC(C)(C)C)NC. The smallest absolute Gasteiger partial charge is 0.0921 e. The van der Waals surface area contributed by atoms with Gasteiger partial charge in [0.05, 0.1) is 18.2 Å². The lowest BCUT2D eigenvalue weighted by Gasteiger charge is -2.21. The third-order valence-electron chi connectivity index (χ3n) is 1.23. The van der Waals surface area contributed by atoms with Crippen LogP contribution in [-0.2, 0) is 4.74 Å². The van der Waals surface area contributed by atoms with E-state index in [4.69, 9.17) is 11.2 Å². The molecule has 0 aliphatic rings. The molecular formula is C9H17NO. The maximum atomic E-state index is 5.47. The highest BCUT2D eigenvalue weighted by atomic mass is 16.5. The molecule has 0 saturated heterocycles. The summed E-state index contributed by atoms with van der Waals surface area (Å²) >= 11 is 0. The first-order valence-corrected chi connectivity index (χ1v) is 3.77. The molecule has 1 atom stereocenters. The van der Waals surface area contributed by atoms with Crippen molar-refractivity contribution in [1.82, 2.24) is 5.32 Å². The van der Waals surface area contributed by atoms with E-state index in [1.807, 2.05) is 27.8 Å². The van der Waals surface area contributed by atoms with Crippen LogP contribution in [-0.4, -0.2) is 25.3 Å². The summed E-state index contributed by atoms with van der Waals surface area (Å²) in [6.45, 7) is 6.60. The van der Waals surface area contributed by atoms with E-state index in [0.717, 1.165) is 0 Å². The van der Waals surface area contributed by atoms with Crippen LogP contribution in [0.25, 0.3) is 0 Å². The van der Waals surface area contributed by atoms with E-state index in [-0.39, 0.29) is 11.6 Å². The molecule has 0 aromatic carbocycles. The average Bonchev–Trinajstić information content (AvgIpc) is 1.88. The molecule has 0 aliphatic heterocycles. The Labute approximate surface area is 69.3 Å². The van der Waals surface area contributed by atoms with Crippen LogP contribution >= 0.6 is 0 Å². The molecule has 1 N–H and O–H groups in total. The van der Waals surface area contributed by atoms with Crippen molar-refractivity contribution in [2.75, 3.05) is 13.7 Å². The van der Waals surface area contributed by atoms with Crippen LogP contribution in [0.3, 0.4) is 0 Å². The van der Waals surface area contributed by atoms with Crippen LogP contribution in [0, 0.1) is 12.3 Å². The first-order chi connectivity index (χ1) is 4.99. The molecule has 0 aromatic heterocycles. The summed E-state index contributed by atoms with van der Waals surface area (Å²) in [6, 6.07) is 0.0224. The van der Waals surface area contributed by atoms with E-state index < -0.39 is 0 Å². The molecule has 2 heteroatoms. The number of likely N-dealkylation sites (N-methyl/N-ethyl adjacent to an activating group) is 1. The lowest BCUT2D eigenvalue weighted by Crippen LogP contribution is -2.33. The first-order valence-electron chi connectivity index (χ1n) is 3.77. The summed E-state index contributed by atoms with van der Waals surface area (Å²) in [7, 11) is 1.83. The topological polar surface area (TPSA) is 21.3 Å². The number of hydrogen-bond acceptors (Lipinski definition) is 2. The van der Waals surface area contributed by atoms with E-state index in [1.54, 1.807) is 0 Å². The van der Waals surface area contributed by atoms with Gasteiger partial charge in [0.25, 0.3) is 0 Å². The predicted octanol–water partition coefficient (Wildman–Crippen LogP) is 1.02. The molecule has 0 saturated carbocycles. The van der Waals surface area contributed by atoms with E-state index in [0.29, 0.717) is 6.61 Å². The Balaban J connectivity index is 3.62. The van der Waals surface area contributed by atoms with Crippen LogP contribution in [0.4, 0.5) is 0 Å². The van der Waals surface area contributed by atoms with E-state index >= 15 is 0 Å². The Morgan fingerprint density at radius 2 is 2.09 bits per heavy atom. The van der Waals surface area contributed by atoms with Crippen molar-refractivity contribution in [3.63, 3.8) is 0 Å². The summed E-state index contributed by atoms with van der Waals surface area (Å²) in [5.74, 6) is 2.59. The third-order valence-corrected chi connectivity index (χ3v) is 1.23. The van der Waals surface area contributed by atoms with Crippen molar-refractivity contribution < 1.29 is 4.74 Å². The molecule has 64 valence electrons. The summed E-state index contributed by atoms with van der Waals surface area (Å²) in [6.07, 6.45) is 5.22. The third kappa shape index (κ3) is 5.90. The Bertz CT molecular complexity index is 141. The van der Waals surface area contributed by atoms with Gasteiger partial charge in [-0.05, 0) is 27.8 Å². The molecule has 0 aliphatic carbocycles. The molecule has 0 aromatic rings. The van der Waals surface area contributed by atoms with Gasteiger partial charge in [-0.1, -0.05) is 5.92 Å². The second-order valence-corrected chi connectivity index (χ2v) is 3.43. The van der Waals surface area contributed by atoms with E-state index in [9.17, 15) is 0 Å². The van der Waals surface area contributed by atoms with Gasteiger partial charge >= 0.3 is 0 Å². The van der Waals surface area contributed by atoms with Crippen molar-refractivity contribution in [2.24, 2.45) is 0 Å². The van der Waals surface area contributed by atoms with Gasteiger partial charge in [-0.2, -0.15) is 0 Å². The number of ether oxygens (including phenoxy) is 1. The van der Waals surface area contributed by atoms with Gasteiger partial charge in [-0.25, -0.2) is 0 Å². The van der Waals surface area contributed by atoms with Gasteiger partial charge in [0.15, 0.2) is 0 Å². The zero-order chi connectivity index (χ0) is 8.91. The average molecular weight is 155 g/mol. The van der Waals surface area contributed by atoms with E-state index in [1.165, 1.54) is 0 Å². The van der Waals surface area contributed by atoms with Crippen molar-refractivity contribution >= 4 is 0 Å². The van der Waals surface area contributed by atoms with Gasteiger partial charge in [-0.15, -0.1) is 6.42 Å². The molecule has 0 fully saturated rings. The Kier molecular flexibility index (Phi) is 4.17. The maximum Gasteiger partial charge on any atom is 0.0921 e. The molecule has 11 heavy (non-hydrogen) atoms. The number of rotatable bonds is 3. The fraction of sp³-hybridized carbons (Fsp3) is 0.778. The first kappa shape index (κ1) is 10.5. The Hall–Kier alpha value is -0.520. The molecule has 0 radical (unpaired) electrons. The van der Waals surface area contributed by atoms with Crippen LogP contribution in [0.1, 0.15) is 20.8 Å². The molecule has 0 spiro atoms. The standard InChI is InChI=1S/C9H17NO/c1-6-8(10-5)7-11-9(2,3)4/h1,8,10H,7H2,2-5H3. The number of nitrogens with one attached hydrogen (secondary N) is 1. The molecule has 1 unspecified atom stereocenters. The lowest BCUT2D eigenvalue weighted by atomic mass is 10.2. The molecule has 2 nitrogen and oxygen atoms in total. The predicted molar refractivity (Wildman–Crippen MR) is 47.4 cm³/mol. The van der Waals surface area contributed by atoms with Gasteiger partial charge < -0.3 is 10.1 Å². The van der Waals surface area contributed by atoms with Crippen molar-refractivity contribution in [3.05, 3.63) is 0 Å². The van der Waals surface area contributed by atoms with Crippen LogP contribution in [0.2, 0.25) is 0 Å².